The normalized spacial score (nSPS) is 15.4. The van der Waals surface area contributed by atoms with Crippen LogP contribution in [0.5, 0.6) is 5.75 Å². The Bertz CT molecular complexity index is 1090. The van der Waals surface area contributed by atoms with Gasteiger partial charge in [-0.05, 0) is 48.4 Å². The average Bonchev–Trinajstić information content (AvgIpc) is 3.29. The fourth-order valence-electron chi connectivity index (χ4n) is 3.77. The maximum absolute atomic E-state index is 12.5. The molecule has 1 saturated heterocycles. The Labute approximate surface area is 209 Å². The predicted octanol–water partition coefficient (Wildman–Crippen LogP) is 4.89. The van der Waals surface area contributed by atoms with Crippen molar-refractivity contribution in [1.82, 2.24) is 15.2 Å². The lowest BCUT2D eigenvalue weighted by Gasteiger charge is -2.34. The predicted molar refractivity (Wildman–Crippen MR) is 136 cm³/mol. The molecule has 1 atom stereocenters. The number of benzene rings is 2. The number of carbonyl (C=O) groups excluding carboxylic acids is 1. The minimum absolute atomic E-state index is 0.0662. The topological polar surface area (TPSA) is 63.7 Å². The van der Waals surface area contributed by atoms with E-state index in [2.05, 4.69) is 15.2 Å². The van der Waals surface area contributed by atoms with Crippen molar-refractivity contribution >= 4 is 34.9 Å². The highest BCUT2D eigenvalue weighted by Gasteiger charge is 2.23. The molecule has 0 saturated carbocycles. The summed E-state index contributed by atoms with van der Waals surface area (Å²) in [5.74, 6) is 0.634. The van der Waals surface area contributed by atoms with Gasteiger partial charge in [-0.3, -0.25) is 9.69 Å². The molecule has 34 heavy (non-hydrogen) atoms. The van der Waals surface area contributed by atoms with Crippen molar-refractivity contribution in [3.05, 3.63) is 86.8 Å². The summed E-state index contributed by atoms with van der Waals surface area (Å²) < 4.78 is 11.3. The molecule has 1 aliphatic heterocycles. The van der Waals surface area contributed by atoms with Crippen molar-refractivity contribution in [2.75, 3.05) is 32.8 Å². The summed E-state index contributed by atoms with van der Waals surface area (Å²) in [6.07, 6.45) is 3.36. The Morgan fingerprint density at radius 1 is 1.21 bits per heavy atom. The Morgan fingerprint density at radius 3 is 2.62 bits per heavy atom. The molecule has 1 unspecified atom stereocenters. The lowest BCUT2D eigenvalue weighted by molar-refractivity contribution is -0.116. The van der Waals surface area contributed by atoms with Gasteiger partial charge >= 0.3 is 0 Å². The lowest BCUT2D eigenvalue weighted by Crippen LogP contribution is -2.43. The molecule has 0 aliphatic carbocycles. The van der Waals surface area contributed by atoms with E-state index in [0.29, 0.717) is 31.4 Å². The van der Waals surface area contributed by atoms with E-state index in [1.807, 2.05) is 60.8 Å². The molecule has 178 valence electrons. The van der Waals surface area contributed by atoms with E-state index in [4.69, 9.17) is 21.1 Å². The average molecular weight is 498 g/mol. The molecule has 0 bridgehead atoms. The Morgan fingerprint density at radius 2 is 1.94 bits per heavy atom. The van der Waals surface area contributed by atoms with Gasteiger partial charge in [-0.1, -0.05) is 35.9 Å². The van der Waals surface area contributed by atoms with Gasteiger partial charge in [0.25, 0.3) is 0 Å². The van der Waals surface area contributed by atoms with E-state index in [1.165, 1.54) is 0 Å². The number of aryl methyl sites for hydroxylation is 1. The second-order valence-corrected chi connectivity index (χ2v) is 9.51. The van der Waals surface area contributed by atoms with Crippen molar-refractivity contribution < 1.29 is 14.3 Å². The standard InChI is InChI=1S/C26H28ClN3O3S/c1-19-29-23(18-34-19)17-33-24-9-2-20(3-10-24)4-11-26(31)28-16-25(30-12-14-32-15-13-30)21-5-7-22(27)8-6-21/h2-11,18,25H,12-17H2,1H3,(H,28,31)/b11-4+. The zero-order valence-corrected chi connectivity index (χ0v) is 20.6. The summed E-state index contributed by atoms with van der Waals surface area (Å²) in [6.45, 7) is 5.98. The van der Waals surface area contributed by atoms with Gasteiger partial charge < -0.3 is 14.8 Å². The Hall–Kier alpha value is -2.71. The number of rotatable bonds is 9. The first-order valence-corrected chi connectivity index (χ1v) is 12.5. The summed E-state index contributed by atoms with van der Waals surface area (Å²) in [6, 6.07) is 15.5. The molecule has 0 spiro atoms. The molecule has 4 rings (SSSR count). The second kappa shape index (κ2) is 12.1. The van der Waals surface area contributed by atoms with Gasteiger partial charge in [-0.2, -0.15) is 0 Å². The molecule has 8 heteroatoms. The monoisotopic (exact) mass is 497 g/mol. The van der Waals surface area contributed by atoms with Gasteiger partial charge in [0.15, 0.2) is 0 Å². The molecule has 1 aliphatic rings. The molecule has 1 aromatic heterocycles. The fourth-order valence-corrected chi connectivity index (χ4v) is 4.49. The lowest BCUT2D eigenvalue weighted by atomic mass is 10.0. The third-order valence-electron chi connectivity index (χ3n) is 5.57. The van der Waals surface area contributed by atoms with Crippen LogP contribution < -0.4 is 10.1 Å². The minimum atomic E-state index is -0.133. The molecule has 6 nitrogen and oxygen atoms in total. The summed E-state index contributed by atoms with van der Waals surface area (Å²) in [4.78, 5) is 19.3. The zero-order valence-electron chi connectivity index (χ0n) is 19.1. The highest BCUT2D eigenvalue weighted by atomic mass is 35.5. The smallest absolute Gasteiger partial charge is 0.244 e. The molecular formula is C26H28ClN3O3S. The number of hydrogen-bond donors (Lipinski definition) is 1. The second-order valence-electron chi connectivity index (χ2n) is 8.01. The van der Waals surface area contributed by atoms with Crippen molar-refractivity contribution in [1.29, 1.82) is 0 Å². The van der Waals surface area contributed by atoms with Crippen LogP contribution >= 0.6 is 22.9 Å². The highest BCUT2D eigenvalue weighted by molar-refractivity contribution is 7.09. The molecule has 2 aromatic carbocycles. The van der Waals surface area contributed by atoms with Gasteiger partial charge in [-0.15, -0.1) is 11.3 Å². The summed E-state index contributed by atoms with van der Waals surface area (Å²) >= 11 is 7.68. The van der Waals surface area contributed by atoms with Crippen LogP contribution in [-0.4, -0.2) is 48.6 Å². The number of morpholine rings is 1. The first-order chi connectivity index (χ1) is 16.6. The van der Waals surface area contributed by atoms with Crippen molar-refractivity contribution in [3.8, 4) is 5.75 Å². The van der Waals surface area contributed by atoms with Crippen LogP contribution in [0.4, 0.5) is 0 Å². The van der Waals surface area contributed by atoms with Crippen molar-refractivity contribution in [3.63, 3.8) is 0 Å². The number of amides is 1. The highest BCUT2D eigenvalue weighted by Crippen LogP contribution is 2.23. The first kappa shape index (κ1) is 24.4. The zero-order chi connectivity index (χ0) is 23.8. The van der Waals surface area contributed by atoms with E-state index in [9.17, 15) is 4.79 Å². The van der Waals surface area contributed by atoms with Crippen LogP contribution in [0.15, 0.2) is 60.0 Å². The maximum atomic E-state index is 12.5. The van der Waals surface area contributed by atoms with Gasteiger partial charge in [-0.25, -0.2) is 4.98 Å². The first-order valence-electron chi connectivity index (χ1n) is 11.2. The van der Waals surface area contributed by atoms with Gasteiger partial charge in [0.1, 0.15) is 12.4 Å². The molecule has 0 radical (unpaired) electrons. The molecule has 3 aromatic rings. The number of thiazole rings is 1. The van der Waals surface area contributed by atoms with Crippen molar-refractivity contribution in [2.24, 2.45) is 0 Å². The van der Waals surface area contributed by atoms with Crippen LogP contribution in [0.2, 0.25) is 5.02 Å². The van der Waals surface area contributed by atoms with Crippen molar-refractivity contribution in [2.45, 2.75) is 19.6 Å². The number of halogens is 1. The number of nitrogens with one attached hydrogen (secondary N) is 1. The molecule has 2 heterocycles. The number of aromatic nitrogens is 1. The summed E-state index contributed by atoms with van der Waals surface area (Å²) in [5, 5.41) is 6.77. The Kier molecular flexibility index (Phi) is 8.71. The van der Waals surface area contributed by atoms with Crippen LogP contribution in [-0.2, 0) is 16.1 Å². The van der Waals surface area contributed by atoms with Crippen LogP contribution in [0, 0.1) is 6.92 Å². The molecular weight excluding hydrogens is 470 g/mol. The molecule has 1 N–H and O–H groups in total. The fraction of sp³-hybridized carbons (Fsp3) is 0.308. The third-order valence-corrected chi connectivity index (χ3v) is 6.65. The summed E-state index contributed by atoms with van der Waals surface area (Å²) in [5.41, 5.74) is 2.98. The number of ether oxygens (including phenoxy) is 2. The largest absolute Gasteiger partial charge is 0.487 e. The van der Waals surface area contributed by atoms with E-state index >= 15 is 0 Å². The van der Waals surface area contributed by atoms with Crippen LogP contribution in [0.3, 0.4) is 0 Å². The Balaban J connectivity index is 1.30. The van der Waals surface area contributed by atoms with Crippen LogP contribution in [0.1, 0.15) is 27.9 Å². The number of carbonyl (C=O) groups is 1. The maximum Gasteiger partial charge on any atom is 0.244 e. The van der Waals surface area contributed by atoms with Crippen LogP contribution in [0.25, 0.3) is 6.08 Å². The SMILES string of the molecule is Cc1nc(COc2ccc(/C=C/C(=O)NCC(c3ccc(Cl)cc3)N3CCOCC3)cc2)cs1. The molecule has 1 amide bonds. The van der Waals surface area contributed by atoms with Gasteiger partial charge in [0, 0.05) is 36.1 Å². The number of nitrogens with zero attached hydrogens (tertiary/aromatic N) is 2. The molecule has 1 fully saturated rings. The van der Waals surface area contributed by atoms with Gasteiger partial charge in [0.05, 0.1) is 30.0 Å². The van der Waals surface area contributed by atoms with E-state index in [-0.39, 0.29) is 11.9 Å². The third kappa shape index (κ3) is 7.14. The quantitative estimate of drug-likeness (QED) is 0.426. The van der Waals surface area contributed by atoms with E-state index in [1.54, 1.807) is 23.5 Å². The summed E-state index contributed by atoms with van der Waals surface area (Å²) in [7, 11) is 0. The van der Waals surface area contributed by atoms with E-state index in [0.717, 1.165) is 40.7 Å². The number of hydrogen-bond acceptors (Lipinski definition) is 6. The van der Waals surface area contributed by atoms with E-state index < -0.39 is 0 Å². The minimum Gasteiger partial charge on any atom is -0.487 e. The van der Waals surface area contributed by atoms with Gasteiger partial charge in [0.2, 0.25) is 5.91 Å².